The van der Waals surface area contributed by atoms with Gasteiger partial charge < -0.3 is 5.32 Å². The molecule has 23 heavy (non-hydrogen) atoms. The Labute approximate surface area is 139 Å². The first-order valence-corrected chi connectivity index (χ1v) is 8.70. The number of hydrogen-bond donors (Lipinski definition) is 1. The molecular weight excluding hydrogens is 304 g/mol. The number of nitrogens with one attached hydrogen (secondary N) is 1. The molecule has 0 saturated heterocycles. The van der Waals surface area contributed by atoms with Crippen LogP contribution in [0.25, 0.3) is 16.9 Å². The molecule has 5 heteroatoms. The number of anilines is 1. The van der Waals surface area contributed by atoms with Crippen molar-refractivity contribution in [3.05, 3.63) is 52.2 Å². The third-order valence-electron chi connectivity index (χ3n) is 4.18. The number of aromatic nitrogens is 2. The average Bonchev–Trinajstić information content (AvgIpc) is 3.17. The molecule has 1 aliphatic rings. The van der Waals surface area contributed by atoms with Crippen molar-refractivity contribution >= 4 is 17.2 Å². The van der Waals surface area contributed by atoms with Gasteiger partial charge in [-0.1, -0.05) is 12.1 Å². The summed E-state index contributed by atoms with van der Waals surface area (Å²) < 4.78 is 1.91. The third kappa shape index (κ3) is 2.41. The predicted octanol–water partition coefficient (Wildman–Crippen LogP) is 4.22. The van der Waals surface area contributed by atoms with Crippen LogP contribution in [-0.4, -0.2) is 16.3 Å². The third-order valence-corrected chi connectivity index (χ3v) is 4.86. The van der Waals surface area contributed by atoms with Gasteiger partial charge >= 0.3 is 0 Å². The number of benzene rings is 1. The predicted molar refractivity (Wildman–Crippen MR) is 93.0 cm³/mol. The van der Waals surface area contributed by atoms with Gasteiger partial charge in [0.1, 0.15) is 11.9 Å². The van der Waals surface area contributed by atoms with Crippen LogP contribution in [0, 0.1) is 11.3 Å². The quantitative estimate of drug-likeness (QED) is 0.769. The number of thiophene rings is 1. The highest BCUT2D eigenvalue weighted by atomic mass is 32.1. The SMILES string of the molecule is N#Cc1ccccc1-n1nc(-c2ccsc2)c2c1NCCCC2. The van der Waals surface area contributed by atoms with Crippen LogP contribution in [0.4, 0.5) is 5.82 Å². The second-order valence-corrected chi connectivity index (χ2v) is 6.39. The number of nitriles is 1. The largest absolute Gasteiger partial charge is 0.370 e. The van der Waals surface area contributed by atoms with E-state index in [4.69, 9.17) is 5.10 Å². The molecule has 0 spiro atoms. The molecule has 0 radical (unpaired) electrons. The van der Waals surface area contributed by atoms with E-state index in [0.717, 1.165) is 48.6 Å². The lowest BCUT2D eigenvalue weighted by atomic mass is 10.1. The van der Waals surface area contributed by atoms with Gasteiger partial charge in [0.2, 0.25) is 0 Å². The Morgan fingerprint density at radius 3 is 2.96 bits per heavy atom. The van der Waals surface area contributed by atoms with Gasteiger partial charge in [-0.2, -0.15) is 21.7 Å². The van der Waals surface area contributed by atoms with Crippen LogP contribution in [0.15, 0.2) is 41.1 Å². The molecule has 0 atom stereocenters. The Bertz CT molecular complexity index is 871. The topological polar surface area (TPSA) is 53.6 Å². The van der Waals surface area contributed by atoms with Gasteiger partial charge in [0.25, 0.3) is 0 Å². The first kappa shape index (κ1) is 14.0. The van der Waals surface area contributed by atoms with Crippen molar-refractivity contribution in [1.82, 2.24) is 9.78 Å². The monoisotopic (exact) mass is 320 g/mol. The summed E-state index contributed by atoms with van der Waals surface area (Å²) in [5, 5.41) is 22.0. The Hall–Kier alpha value is -2.58. The first-order valence-electron chi connectivity index (χ1n) is 7.76. The minimum absolute atomic E-state index is 0.640. The fraction of sp³-hybridized carbons (Fsp3) is 0.222. The summed E-state index contributed by atoms with van der Waals surface area (Å²) in [4.78, 5) is 0. The molecule has 3 aromatic rings. The summed E-state index contributed by atoms with van der Waals surface area (Å²) in [6, 6.07) is 12.0. The average molecular weight is 320 g/mol. The van der Waals surface area contributed by atoms with Gasteiger partial charge in [0.15, 0.2) is 0 Å². The highest BCUT2D eigenvalue weighted by molar-refractivity contribution is 7.08. The van der Waals surface area contributed by atoms with Crippen molar-refractivity contribution in [3.8, 4) is 23.0 Å². The molecule has 0 aliphatic carbocycles. The summed E-state index contributed by atoms with van der Waals surface area (Å²) in [6.07, 6.45) is 3.32. The highest BCUT2D eigenvalue weighted by Crippen LogP contribution is 2.35. The molecule has 0 unspecified atom stereocenters. The van der Waals surface area contributed by atoms with Crippen LogP contribution < -0.4 is 5.32 Å². The maximum atomic E-state index is 9.42. The lowest BCUT2D eigenvalue weighted by Crippen LogP contribution is -2.08. The summed E-state index contributed by atoms with van der Waals surface area (Å²) in [6.45, 7) is 0.941. The van der Waals surface area contributed by atoms with Crippen molar-refractivity contribution < 1.29 is 0 Å². The van der Waals surface area contributed by atoms with Crippen LogP contribution >= 0.6 is 11.3 Å². The van der Waals surface area contributed by atoms with E-state index < -0.39 is 0 Å². The van der Waals surface area contributed by atoms with E-state index in [2.05, 4.69) is 28.2 Å². The van der Waals surface area contributed by atoms with Crippen molar-refractivity contribution in [2.75, 3.05) is 11.9 Å². The number of hydrogen-bond acceptors (Lipinski definition) is 4. The second-order valence-electron chi connectivity index (χ2n) is 5.61. The normalized spacial score (nSPS) is 13.7. The van der Waals surface area contributed by atoms with Crippen LogP contribution in [0.5, 0.6) is 0 Å². The van der Waals surface area contributed by atoms with Crippen molar-refractivity contribution in [1.29, 1.82) is 5.26 Å². The zero-order chi connectivity index (χ0) is 15.6. The van der Waals surface area contributed by atoms with E-state index in [9.17, 15) is 5.26 Å². The molecule has 3 heterocycles. The maximum absolute atomic E-state index is 9.42. The minimum atomic E-state index is 0.640. The fourth-order valence-electron chi connectivity index (χ4n) is 3.06. The van der Waals surface area contributed by atoms with Crippen LogP contribution in [0.3, 0.4) is 0 Å². The number of nitrogens with zero attached hydrogens (tertiary/aromatic N) is 3. The Morgan fingerprint density at radius 1 is 1.22 bits per heavy atom. The molecule has 0 bridgehead atoms. The van der Waals surface area contributed by atoms with Gasteiger partial charge in [-0.3, -0.25) is 0 Å². The maximum Gasteiger partial charge on any atom is 0.133 e. The number of fused-ring (bicyclic) bond motifs is 1. The lowest BCUT2D eigenvalue weighted by molar-refractivity contribution is 0.780. The van der Waals surface area contributed by atoms with E-state index in [1.807, 2.05) is 28.9 Å². The Kier molecular flexibility index (Phi) is 3.60. The van der Waals surface area contributed by atoms with Crippen molar-refractivity contribution in [2.45, 2.75) is 19.3 Å². The molecule has 114 valence electrons. The molecule has 4 nitrogen and oxygen atoms in total. The zero-order valence-electron chi connectivity index (χ0n) is 12.6. The standard InChI is InChI=1S/C18H16N4S/c19-11-13-5-1-2-7-16(13)22-18-15(6-3-4-9-20-18)17(21-22)14-8-10-23-12-14/h1-2,5,7-8,10,12,20H,3-4,6,9H2. The van der Waals surface area contributed by atoms with E-state index >= 15 is 0 Å². The zero-order valence-corrected chi connectivity index (χ0v) is 13.4. The molecule has 1 N–H and O–H groups in total. The minimum Gasteiger partial charge on any atom is -0.370 e. The summed E-state index contributed by atoms with van der Waals surface area (Å²) in [7, 11) is 0. The Balaban J connectivity index is 1.96. The fourth-order valence-corrected chi connectivity index (χ4v) is 3.70. The van der Waals surface area contributed by atoms with Crippen LogP contribution in [-0.2, 0) is 6.42 Å². The molecule has 1 aromatic carbocycles. The molecule has 4 rings (SSSR count). The van der Waals surface area contributed by atoms with Gasteiger partial charge in [-0.15, -0.1) is 0 Å². The van der Waals surface area contributed by atoms with Crippen LogP contribution in [0.1, 0.15) is 24.0 Å². The van der Waals surface area contributed by atoms with Gasteiger partial charge in [0.05, 0.1) is 16.9 Å². The number of para-hydroxylation sites is 1. The second kappa shape index (κ2) is 5.90. The smallest absolute Gasteiger partial charge is 0.133 e. The van der Waals surface area contributed by atoms with E-state index in [0.29, 0.717) is 5.56 Å². The van der Waals surface area contributed by atoms with E-state index in [-0.39, 0.29) is 0 Å². The lowest BCUT2D eigenvalue weighted by Gasteiger charge is -2.10. The molecule has 0 saturated carbocycles. The van der Waals surface area contributed by atoms with Crippen molar-refractivity contribution in [2.24, 2.45) is 0 Å². The molecule has 0 fully saturated rings. The van der Waals surface area contributed by atoms with Gasteiger partial charge in [-0.25, -0.2) is 4.68 Å². The Morgan fingerprint density at radius 2 is 2.13 bits per heavy atom. The first-order chi connectivity index (χ1) is 11.4. The number of rotatable bonds is 2. The van der Waals surface area contributed by atoms with Gasteiger partial charge in [0, 0.05) is 23.1 Å². The molecular formula is C18H16N4S. The summed E-state index contributed by atoms with van der Waals surface area (Å²) in [5.74, 6) is 1.03. The summed E-state index contributed by atoms with van der Waals surface area (Å²) in [5.41, 5.74) is 4.92. The molecule has 2 aromatic heterocycles. The molecule has 0 amide bonds. The van der Waals surface area contributed by atoms with E-state index in [1.54, 1.807) is 11.3 Å². The summed E-state index contributed by atoms with van der Waals surface area (Å²) >= 11 is 1.68. The van der Waals surface area contributed by atoms with Crippen LogP contribution in [0.2, 0.25) is 0 Å². The van der Waals surface area contributed by atoms with Crippen molar-refractivity contribution in [3.63, 3.8) is 0 Å². The van der Waals surface area contributed by atoms with E-state index in [1.165, 1.54) is 5.56 Å². The highest BCUT2D eigenvalue weighted by Gasteiger charge is 2.22. The molecule has 1 aliphatic heterocycles. The van der Waals surface area contributed by atoms with Gasteiger partial charge in [-0.05, 0) is 42.8 Å².